The normalized spacial score (nSPS) is 20.5. The molecule has 6 nitrogen and oxygen atoms in total. The number of carbonyl (C=O) groups is 2. The van der Waals surface area contributed by atoms with Crippen molar-refractivity contribution in [3.63, 3.8) is 0 Å². The molecule has 1 aromatic rings. The third-order valence-corrected chi connectivity index (χ3v) is 3.59. The van der Waals surface area contributed by atoms with Gasteiger partial charge in [0.05, 0.1) is 6.61 Å². The number of hydrogen-bond donors (Lipinski definition) is 2. The van der Waals surface area contributed by atoms with Gasteiger partial charge in [-0.1, -0.05) is 32.0 Å². The monoisotopic (exact) mass is 321 g/mol. The molecule has 0 aromatic heterocycles. The first-order valence-electron chi connectivity index (χ1n) is 7.84. The summed E-state index contributed by atoms with van der Waals surface area (Å²) < 4.78 is 11.0. The van der Waals surface area contributed by atoms with Crippen molar-refractivity contribution < 1.29 is 24.2 Å². The fourth-order valence-electron chi connectivity index (χ4n) is 2.35. The number of aliphatic carboxylic acids is 1. The summed E-state index contributed by atoms with van der Waals surface area (Å²) in [5.74, 6) is -0.144. The minimum absolute atomic E-state index is 0.285. The molecule has 1 saturated heterocycles. The van der Waals surface area contributed by atoms with Gasteiger partial charge in [-0.3, -0.25) is 4.79 Å². The Kier molecular flexibility index (Phi) is 5.98. The fraction of sp³-hybridized carbons (Fsp3) is 0.529. The highest BCUT2D eigenvalue weighted by molar-refractivity contribution is 5.82. The number of nitrogens with one attached hydrogen (secondary N) is 1. The molecule has 0 unspecified atom stereocenters. The zero-order chi connectivity index (χ0) is 16.8. The molecule has 6 heteroatoms. The number of para-hydroxylation sites is 1. The van der Waals surface area contributed by atoms with Crippen LogP contribution in [-0.4, -0.2) is 35.8 Å². The Bertz CT molecular complexity index is 558. The Balaban J connectivity index is 1.88. The molecular weight excluding hydrogens is 298 g/mol. The Hall–Kier alpha value is -2.08. The van der Waals surface area contributed by atoms with Gasteiger partial charge in [0.25, 0.3) is 0 Å². The van der Waals surface area contributed by atoms with Gasteiger partial charge in [0.2, 0.25) is 5.91 Å². The zero-order valence-electron chi connectivity index (χ0n) is 13.5. The van der Waals surface area contributed by atoms with Crippen LogP contribution in [0.5, 0.6) is 5.75 Å². The number of ether oxygens (including phenoxy) is 2. The average molecular weight is 321 g/mol. The molecule has 126 valence electrons. The second-order valence-corrected chi connectivity index (χ2v) is 6.06. The van der Waals surface area contributed by atoms with Crippen molar-refractivity contribution in [2.45, 2.75) is 45.4 Å². The van der Waals surface area contributed by atoms with E-state index < -0.39 is 18.2 Å². The van der Waals surface area contributed by atoms with Gasteiger partial charge in [0, 0.05) is 12.1 Å². The number of carboxylic acid groups (broad SMARTS) is 1. The van der Waals surface area contributed by atoms with Gasteiger partial charge in [-0.2, -0.15) is 0 Å². The second-order valence-electron chi connectivity index (χ2n) is 6.06. The molecule has 2 N–H and O–H groups in total. The van der Waals surface area contributed by atoms with Crippen LogP contribution in [0.3, 0.4) is 0 Å². The van der Waals surface area contributed by atoms with Crippen LogP contribution in [0, 0.1) is 5.92 Å². The number of hydrogen-bond acceptors (Lipinski definition) is 4. The third-order valence-electron chi connectivity index (χ3n) is 3.59. The molecule has 1 aliphatic rings. The van der Waals surface area contributed by atoms with Gasteiger partial charge in [0.15, 0.2) is 6.10 Å². The standard InChI is InChI=1S/C17H23NO5/c1-11(2)10-22-13-6-4-3-5-12(13)9-18-16(19)14-7-8-15(23-14)17(20)21/h3-6,11,14-15H,7-10H2,1-2H3,(H,18,19)(H,20,21)/t14-,15+/m0/s1. The summed E-state index contributed by atoms with van der Waals surface area (Å²) in [4.78, 5) is 22.9. The highest BCUT2D eigenvalue weighted by atomic mass is 16.5. The van der Waals surface area contributed by atoms with E-state index >= 15 is 0 Å². The summed E-state index contributed by atoms with van der Waals surface area (Å²) >= 11 is 0. The van der Waals surface area contributed by atoms with Crippen molar-refractivity contribution in [2.75, 3.05) is 6.61 Å². The smallest absolute Gasteiger partial charge is 0.332 e. The molecule has 1 heterocycles. The summed E-state index contributed by atoms with van der Waals surface area (Å²) in [5, 5.41) is 11.7. The maximum Gasteiger partial charge on any atom is 0.332 e. The lowest BCUT2D eigenvalue weighted by Gasteiger charge is -2.15. The molecule has 2 atom stereocenters. The number of benzene rings is 1. The summed E-state index contributed by atoms with van der Waals surface area (Å²) in [5.41, 5.74) is 0.884. The second kappa shape index (κ2) is 7.97. The van der Waals surface area contributed by atoms with Crippen LogP contribution >= 0.6 is 0 Å². The summed E-state index contributed by atoms with van der Waals surface area (Å²) in [7, 11) is 0. The Morgan fingerprint density at radius 2 is 2.00 bits per heavy atom. The highest BCUT2D eigenvalue weighted by Gasteiger charge is 2.34. The first kappa shape index (κ1) is 17.3. The van der Waals surface area contributed by atoms with Crippen molar-refractivity contribution in [1.82, 2.24) is 5.32 Å². The molecule has 0 bridgehead atoms. The van der Waals surface area contributed by atoms with Crippen LogP contribution in [0.25, 0.3) is 0 Å². The van der Waals surface area contributed by atoms with Crippen LogP contribution in [-0.2, 0) is 20.9 Å². The molecule has 23 heavy (non-hydrogen) atoms. The largest absolute Gasteiger partial charge is 0.493 e. The van der Waals surface area contributed by atoms with E-state index in [0.717, 1.165) is 11.3 Å². The molecule has 0 spiro atoms. The van der Waals surface area contributed by atoms with E-state index in [1.165, 1.54) is 0 Å². The van der Waals surface area contributed by atoms with Gasteiger partial charge < -0.3 is 19.9 Å². The van der Waals surface area contributed by atoms with Gasteiger partial charge in [0.1, 0.15) is 11.9 Å². The van der Waals surface area contributed by atoms with E-state index in [9.17, 15) is 9.59 Å². The maximum absolute atomic E-state index is 12.1. The molecule has 1 amide bonds. The summed E-state index contributed by atoms with van der Waals surface area (Å²) in [6.07, 6.45) is -0.789. The predicted octanol–water partition coefficient (Wildman–Crippen LogP) is 1.97. The molecule has 2 rings (SSSR count). The minimum Gasteiger partial charge on any atom is -0.493 e. The van der Waals surface area contributed by atoms with E-state index in [-0.39, 0.29) is 5.91 Å². The van der Waals surface area contributed by atoms with Gasteiger partial charge in [-0.25, -0.2) is 4.79 Å². The Morgan fingerprint density at radius 1 is 1.30 bits per heavy atom. The number of carbonyl (C=O) groups excluding carboxylic acids is 1. The number of amides is 1. The van der Waals surface area contributed by atoms with Crippen LogP contribution < -0.4 is 10.1 Å². The lowest BCUT2D eigenvalue weighted by atomic mass is 10.1. The van der Waals surface area contributed by atoms with Crippen LogP contribution in [0.1, 0.15) is 32.3 Å². The van der Waals surface area contributed by atoms with E-state index in [1.54, 1.807) is 0 Å². The Labute approximate surface area is 135 Å². The number of carboxylic acids is 1. The van der Waals surface area contributed by atoms with Crippen LogP contribution in [0.4, 0.5) is 0 Å². The highest BCUT2D eigenvalue weighted by Crippen LogP contribution is 2.21. The van der Waals surface area contributed by atoms with Crippen molar-refractivity contribution in [3.8, 4) is 5.75 Å². The zero-order valence-corrected chi connectivity index (χ0v) is 13.5. The van der Waals surface area contributed by atoms with E-state index in [2.05, 4.69) is 19.2 Å². The molecule has 0 aliphatic carbocycles. The van der Waals surface area contributed by atoms with Crippen molar-refractivity contribution in [2.24, 2.45) is 5.92 Å². The minimum atomic E-state index is -1.02. The molecule has 0 saturated carbocycles. The van der Waals surface area contributed by atoms with Crippen molar-refractivity contribution in [3.05, 3.63) is 29.8 Å². The molecule has 0 radical (unpaired) electrons. The van der Waals surface area contributed by atoms with Crippen LogP contribution in [0.15, 0.2) is 24.3 Å². The number of rotatable bonds is 7. The quantitative estimate of drug-likeness (QED) is 0.802. The average Bonchev–Trinajstić information content (AvgIpc) is 3.01. The topological polar surface area (TPSA) is 84.9 Å². The molecule has 1 aromatic carbocycles. The lowest BCUT2D eigenvalue weighted by Crippen LogP contribution is -2.35. The predicted molar refractivity (Wildman–Crippen MR) is 84.2 cm³/mol. The fourth-order valence-corrected chi connectivity index (χ4v) is 2.35. The molecular formula is C17H23NO5. The summed E-state index contributed by atoms with van der Waals surface area (Å²) in [6.45, 7) is 5.07. The van der Waals surface area contributed by atoms with Crippen LogP contribution in [0.2, 0.25) is 0 Å². The van der Waals surface area contributed by atoms with Gasteiger partial charge in [-0.05, 0) is 24.8 Å². The van der Waals surface area contributed by atoms with Gasteiger partial charge in [-0.15, -0.1) is 0 Å². The lowest BCUT2D eigenvalue weighted by molar-refractivity contribution is -0.151. The third kappa shape index (κ3) is 4.96. The van der Waals surface area contributed by atoms with E-state index in [0.29, 0.717) is 31.9 Å². The van der Waals surface area contributed by atoms with E-state index in [4.69, 9.17) is 14.6 Å². The first-order chi connectivity index (χ1) is 11.0. The molecule has 1 aliphatic heterocycles. The molecule has 1 fully saturated rings. The SMILES string of the molecule is CC(C)COc1ccccc1CNC(=O)[C@@H]1CC[C@H](C(=O)O)O1. The van der Waals surface area contributed by atoms with Crippen molar-refractivity contribution >= 4 is 11.9 Å². The Morgan fingerprint density at radius 3 is 2.65 bits per heavy atom. The van der Waals surface area contributed by atoms with E-state index in [1.807, 2.05) is 24.3 Å². The van der Waals surface area contributed by atoms with Gasteiger partial charge >= 0.3 is 5.97 Å². The maximum atomic E-state index is 12.1. The first-order valence-corrected chi connectivity index (χ1v) is 7.84. The van der Waals surface area contributed by atoms with Crippen molar-refractivity contribution in [1.29, 1.82) is 0 Å². The summed E-state index contributed by atoms with van der Waals surface area (Å²) in [6, 6.07) is 7.54.